The van der Waals surface area contributed by atoms with Gasteiger partial charge in [0.2, 0.25) is 0 Å². The number of hydrogen-bond acceptors (Lipinski definition) is 8. The molecule has 1 aliphatic rings. The standard InChI is InChI=1S/C21H17N3O7S2/c1-10-6-7-11(24-32(27)28)8-14(10)23-15-9-16(33(29,30)31)19(22)18-17(15)20(25)12-4-2-3-5-13(12)21(18)26/h2-9,23-24H,22H2,1H3,(H,27,28)(H,29,30,31)/p-1. The zero-order valence-electron chi connectivity index (χ0n) is 16.9. The molecule has 1 aliphatic carbocycles. The molecule has 0 saturated heterocycles. The highest BCUT2D eigenvalue weighted by Crippen LogP contribution is 2.40. The highest BCUT2D eigenvalue weighted by molar-refractivity contribution is 7.86. The van der Waals surface area contributed by atoms with Gasteiger partial charge < -0.3 is 20.3 Å². The fourth-order valence-electron chi connectivity index (χ4n) is 3.67. The molecule has 0 fully saturated rings. The first-order valence-electron chi connectivity index (χ1n) is 9.35. The number of fused-ring (bicyclic) bond motifs is 2. The van der Waals surface area contributed by atoms with Gasteiger partial charge in [-0.25, -0.2) is 0 Å². The van der Waals surface area contributed by atoms with E-state index in [0.717, 1.165) is 6.07 Å². The van der Waals surface area contributed by atoms with Crippen LogP contribution in [-0.2, 0) is 21.4 Å². The van der Waals surface area contributed by atoms with Crippen LogP contribution in [0.1, 0.15) is 37.4 Å². The minimum atomic E-state index is -4.86. The average Bonchev–Trinajstić information content (AvgIpc) is 2.74. The minimum Gasteiger partial charge on any atom is -0.755 e. The van der Waals surface area contributed by atoms with Crippen LogP contribution >= 0.6 is 0 Å². The van der Waals surface area contributed by atoms with Crippen LogP contribution in [0.3, 0.4) is 0 Å². The number of rotatable bonds is 5. The predicted molar refractivity (Wildman–Crippen MR) is 121 cm³/mol. The number of aryl methyl sites for hydroxylation is 1. The van der Waals surface area contributed by atoms with Gasteiger partial charge in [-0.3, -0.25) is 18.4 Å². The third-order valence-electron chi connectivity index (χ3n) is 5.19. The fraction of sp³-hybridized carbons (Fsp3) is 0.0476. The largest absolute Gasteiger partial charge is 0.755 e. The average molecular weight is 487 g/mol. The van der Waals surface area contributed by atoms with Crippen LogP contribution in [-0.4, -0.2) is 33.3 Å². The Morgan fingerprint density at radius 3 is 2.15 bits per heavy atom. The normalized spacial score (nSPS) is 13.8. The first-order valence-corrected chi connectivity index (χ1v) is 11.9. The van der Waals surface area contributed by atoms with Gasteiger partial charge in [-0.05, 0) is 30.7 Å². The molecule has 3 aromatic rings. The van der Waals surface area contributed by atoms with Crippen molar-refractivity contribution in [2.75, 3.05) is 15.8 Å². The number of anilines is 4. The molecule has 5 N–H and O–H groups in total. The molecule has 4 rings (SSSR count). The van der Waals surface area contributed by atoms with Gasteiger partial charge in [0.25, 0.3) is 10.1 Å². The summed E-state index contributed by atoms with van der Waals surface area (Å²) in [6.07, 6.45) is 0. The van der Waals surface area contributed by atoms with E-state index in [1.165, 1.54) is 24.3 Å². The van der Waals surface area contributed by atoms with Crippen molar-refractivity contribution < 1.29 is 31.3 Å². The van der Waals surface area contributed by atoms with Gasteiger partial charge in [0, 0.05) is 33.8 Å². The van der Waals surface area contributed by atoms with Gasteiger partial charge in [0.15, 0.2) is 11.6 Å². The molecule has 12 heteroatoms. The molecule has 1 unspecified atom stereocenters. The van der Waals surface area contributed by atoms with E-state index in [9.17, 15) is 31.3 Å². The van der Waals surface area contributed by atoms with Gasteiger partial charge in [0.1, 0.15) is 4.90 Å². The monoisotopic (exact) mass is 486 g/mol. The molecule has 0 spiro atoms. The number of ketones is 2. The molecule has 0 radical (unpaired) electrons. The number of benzene rings is 3. The Hall–Kier alpha value is -3.58. The molecule has 0 amide bonds. The van der Waals surface area contributed by atoms with E-state index < -0.39 is 43.5 Å². The molecular formula is C21H16N3O7S2-. The summed E-state index contributed by atoms with van der Waals surface area (Å²) in [5, 5.41) is 2.89. The van der Waals surface area contributed by atoms with Crippen LogP contribution in [0, 0.1) is 6.92 Å². The van der Waals surface area contributed by atoms with E-state index in [2.05, 4.69) is 10.0 Å². The van der Waals surface area contributed by atoms with E-state index in [1.807, 2.05) is 0 Å². The van der Waals surface area contributed by atoms with E-state index in [1.54, 1.807) is 25.1 Å². The maximum atomic E-state index is 13.3. The Morgan fingerprint density at radius 2 is 1.58 bits per heavy atom. The van der Waals surface area contributed by atoms with Crippen molar-refractivity contribution in [2.24, 2.45) is 0 Å². The predicted octanol–water partition coefficient (Wildman–Crippen LogP) is 2.55. The second kappa shape index (κ2) is 8.08. The molecule has 0 aliphatic heterocycles. The summed E-state index contributed by atoms with van der Waals surface area (Å²) >= 11 is -2.59. The SMILES string of the molecule is Cc1ccc(NS(=O)[O-])cc1Nc1cc(S(=O)(=O)O)c(N)c2c1C(=O)c1ccccc1C2=O. The molecule has 0 heterocycles. The van der Waals surface area contributed by atoms with Gasteiger partial charge in [0.05, 0.1) is 22.5 Å². The zero-order valence-corrected chi connectivity index (χ0v) is 18.5. The second-order valence-electron chi connectivity index (χ2n) is 7.26. The molecule has 10 nitrogen and oxygen atoms in total. The van der Waals surface area contributed by atoms with Gasteiger partial charge in [-0.15, -0.1) is 0 Å². The van der Waals surface area contributed by atoms with Crippen molar-refractivity contribution in [1.29, 1.82) is 0 Å². The first kappa shape index (κ1) is 22.6. The third-order valence-corrected chi connectivity index (χ3v) is 6.48. The highest BCUT2D eigenvalue weighted by Gasteiger charge is 2.36. The van der Waals surface area contributed by atoms with Crippen LogP contribution in [0.4, 0.5) is 22.7 Å². The summed E-state index contributed by atoms with van der Waals surface area (Å²) < 4.78 is 57.8. The summed E-state index contributed by atoms with van der Waals surface area (Å²) in [7, 11) is -4.86. The number of nitrogens with two attached hydrogens (primary N) is 1. The number of nitrogens with one attached hydrogen (secondary N) is 2. The van der Waals surface area contributed by atoms with E-state index in [0.29, 0.717) is 11.3 Å². The minimum absolute atomic E-state index is 0.0560. The van der Waals surface area contributed by atoms with Crippen molar-refractivity contribution in [3.63, 3.8) is 0 Å². The lowest BCUT2D eigenvalue weighted by Gasteiger charge is -2.24. The molecule has 170 valence electrons. The van der Waals surface area contributed by atoms with E-state index in [4.69, 9.17) is 5.73 Å². The zero-order chi connectivity index (χ0) is 24.1. The Balaban J connectivity index is 1.98. The van der Waals surface area contributed by atoms with Gasteiger partial charge in [-0.2, -0.15) is 8.42 Å². The van der Waals surface area contributed by atoms with E-state index >= 15 is 0 Å². The molecular weight excluding hydrogens is 470 g/mol. The summed E-state index contributed by atoms with van der Waals surface area (Å²) in [5.41, 5.74) is 6.12. The molecule has 0 bridgehead atoms. The maximum Gasteiger partial charge on any atom is 0.296 e. The van der Waals surface area contributed by atoms with Crippen LogP contribution in [0.25, 0.3) is 0 Å². The Bertz CT molecular complexity index is 1480. The maximum absolute atomic E-state index is 13.3. The van der Waals surface area contributed by atoms with Crippen LogP contribution < -0.4 is 15.8 Å². The smallest absolute Gasteiger partial charge is 0.296 e. The Morgan fingerprint density at radius 1 is 0.970 bits per heavy atom. The summed E-state index contributed by atoms with van der Waals surface area (Å²) in [5.74, 6) is -1.23. The van der Waals surface area contributed by atoms with Crippen molar-refractivity contribution >= 4 is 55.7 Å². The fourth-order valence-corrected chi connectivity index (χ4v) is 4.63. The molecule has 1 atom stereocenters. The van der Waals surface area contributed by atoms with Crippen molar-refractivity contribution in [3.8, 4) is 0 Å². The molecule has 3 aromatic carbocycles. The van der Waals surface area contributed by atoms with E-state index in [-0.39, 0.29) is 33.6 Å². The Labute approximate surface area is 191 Å². The number of carbonyl (C=O) groups excluding carboxylic acids is 2. The van der Waals surface area contributed by atoms with Crippen LogP contribution in [0.15, 0.2) is 53.4 Å². The van der Waals surface area contributed by atoms with Crippen molar-refractivity contribution in [2.45, 2.75) is 11.8 Å². The Kier molecular flexibility index (Phi) is 5.54. The number of hydrogen-bond donors (Lipinski definition) is 4. The van der Waals surface area contributed by atoms with Gasteiger partial charge >= 0.3 is 0 Å². The third kappa shape index (κ3) is 4.00. The summed E-state index contributed by atoms with van der Waals surface area (Å²) in [6, 6.07) is 11.5. The second-order valence-corrected chi connectivity index (χ2v) is 9.32. The van der Waals surface area contributed by atoms with Gasteiger partial charge in [-0.1, -0.05) is 30.3 Å². The number of carbonyl (C=O) groups is 2. The molecule has 33 heavy (non-hydrogen) atoms. The molecule has 0 aromatic heterocycles. The lowest BCUT2D eigenvalue weighted by Crippen LogP contribution is -2.25. The molecule has 0 saturated carbocycles. The first-order chi connectivity index (χ1) is 15.5. The number of nitrogen functional groups attached to an aromatic ring is 1. The van der Waals surface area contributed by atoms with Crippen molar-refractivity contribution in [1.82, 2.24) is 0 Å². The van der Waals surface area contributed by atoms with Crippen LogP contribution in [0.2, 0.25) is 0 Å². The quantitative estimate of drug-likeness (QED) is 0.187. The highest BCUT2D eigenvalue weighted by atomic mass is 32.2. The summed E-state index contributed by atoms with van der Waals surface area (Å²) in [6.45, 7) is 1.69. The lowest BCUT2D eigenvalue weighted by atomic mass is 9.82. The van der Waals surface area contributed by atoms with Crippen molar-refractivity contribution in [3.05, 3.63) is 76.3 Å². The van der Waals surface area contributed by atoms with Crippen LogP contribution in [0.5, 0.6) is 0 Å². The summed E-state index contributed by atoms with van der Waals surface area (Å²) in [4.78, 5) is 25.8. The topological polar surface area (TPSA) is 179 Å². The lowest BCUT2D eigenvalue weighted by molar-refractivity contribution is 0.0980.